The van der Waals surface area contributed by atoms with E-state index >= 15 is 0 Å². The van der Waals surface area contributed by atoms with E-state index in [4.69, 9.17) is 4.52 Å². The van der Waals surface area contributed by atoms with Crippen molar-refractivity contribution in [2.75, 3.05) is 20.1 Å². The second kappa shape index (κ2) is 9.74. The van der Waals surface area contributed by atoms with Gasteiger partial charge in [0.25, 0.3) is 0 Å². The number of piperazine rings is 1. The van der Waals surface area contributed by atoms with E-state index in [2.05, 4.69) is 44.6 Å². The van der Waals surface area contributed by atoms with Crippen LogP contribution in [-0.2, 0) is 22.7 Å². The average Bonchev–Trinajstić information content (AvgIpc) is 3.26. The van der Waals surface area contributed by atoms with E-state index in [9.17, 15) is 9.59 Å². The summed E-state index contributed by atoms with van der Waals surface area (Å²) in [7, 11) is 1.68. The lowest BCUT2D eigenvalue weighted by Gasteiger charge is -2.35. The van der Waals surface area contributed by atoms with E-state index in [-0.39, 0.29) is 24.8 Å². The first-order chi connectivity index (χ1) is 15.5. The van der Waals surface area contributed by atoms with Gasteiger partial charge in [-0.15, -0.1) is 0 Å². The number of aromatic nitrogens is 2. The molecule has 8 heteroatoms. The van der Waals surface area contributed by atoms with E-state index in [1.807, 2.05) is 37.3 Å². The molecule has 2 aromatic carbocycles. The zero-order valence-electron chi connectivity index (χ0n) is 18.3. The van der Waals surface area contributed by atoms with Gasteiger partial charge in [0.2, 0.25) is 23.5 Å². The lowest BCUT2D eigenvalue weighted by Crippen LogP contribution is -2.56. The Kier molecular flexibility index (Phi) is 6.61. The van der Waals surface area contributed by atoms with Crippen molar-refractivity contribution in [2.24, 2.45) is 0 Å². The minimum atomic E-state index is -0.512. The summed E-state index contributed by atoms with van der Waals surface area (Å²) in [5, 5.41) is 6.88. The molecule has 0 aliphatic carbocycles. The highest BCUT2D eigenvalue weighted by atomic mass is 16.5. The molecule has 32 heavy (non-hydrogen) atoms. The summed E-state index contributed by atoms with van der Waals surface area (Å²) in [5.74, 6) is 0.566. The largest absolute Gasteiger partial charge is 0.353 e. The predicted octanol–water partition coefficient (Wildman–Crippen LogP) is 2.39. The van der Waals surface area contributed by atoms with Crippen LogP contribution in [0.2, 0.25) is 0 Å². The van der Waals surface area contributed by atoms with Gasteiger partial charge in [0.15, 0.2) is 0 Å². The Morgan fingerprint density at radius 1 is 1.19 bits per heavy atom. The molecular weight excluding hydrogens is 406 g/mol. The summed E-state index contributed by atoms with van der Waals surface area (Å²) < 4.78 is 5.32. The molecule has 1 N–H and O–H groups in total. The van der Waals surface area contributed by atoms with Crippen LogP contribution in [0.4, 0.5) is 0 Å². The van der Waals surface area contributed by atoms with Gasteiger partial charge in [-0.1, -0.05) is 65.3 Å². The molecule has 2 heterocycles. The van der Waals surface area contributed by atoms with Crippen molar-refractivity contribution >= 4 is 11.8 Å². The summed E-state index contributed by atoms with van der Waals surface area (Å²) in [4.78, 5) is 33.4. The number of nitrogens with one attached hydrogen (secondary N) is 1. The molecule has 1 saturated heterocycles. The maximum Gasteiger partial charge on any atom is 0.246 e. The van der Waals surface area contributed by atoms with Crippen LogP contribution < -0.4 is 5.32 Å². The minimum absolute atomic E-state index is 0.0911. The van der Waals surface area contributed by atoms with Gasteiger partial charge >= 0.3 is 0 Å². The summed E-state index contributed by atoms with van der Waals surface area (Å²) in [6.07, 6.45) is 0.0911. The maximum atomic E-state index is 12.9. The highest BCUT2D eigenvalue weighted by Gasteiger charge is 2.32. The zero-order valence-corrected chi connectivity index (χ0v) is 18.3. The normalized spacial score (nSPS) is 16.6. The van der Waals surface area contributed by atoms with Gasteiger partial charge in [0, 0.05) is 32.2 Å². The second-order valence-electron chi connectivity index (χ2n) is 8.09. The Labute approximate surface area is 187 Å². The van der Waals surface area contributed by atoms with Crippen LogP contribution >= 0.6 is 0 Å². The van der Waals surface area contributed by atoms with Gasteiger partial charge < -0.3 is 14.7 Å². The average molecular weight is 434 g/mol. The van der Waals surface area contributed by atoms with E-state index < -0.39 is 6.04 Å². The molecule has 2 amide bonds. The minimum Gasteiger partial charge on any atom is -0.353 e. The van der Waals surface area contributed by atoms with Gasteiger partial charge in [0.05, 0.1) is 19.0 Å². The Morgan fingerprint density at radius 2 is 1.94 bits per heavy atom. The first-order valence-electron chi connectivity index (χ1n) is 10.7. The molecule has 166 valence electrons. The molecule has 0 radical (unpaired) electrons. The fourth-order valence-electron chi connectivity index (χ4n) is 3.74. The zero-order chi connectivity index (χ0) is 22.5. The van der Waals surface area contributed by atoms with Crippen molar-refractivity contribution in [3.05, 3.63) is 71.6 Å². The molecule has 0 bridgehead atoms. The number of hydrogen-bond donors (Lipinski definition) is 1. The topological polar surface area (TPSA) is 91.6 Å². The van der Waals surface area contributed by atoms with Crippen LogP contribution in [0.25, 0.3) is 11.4 Å². The molecule has 0 saturated carbocycles. The number of benzene rings is 2. The highest BCUT2D eigenvalue weighted by molar-refractivity contribution is 5.88. The van der Waals surface area contributed by atoms with E-state index in [1.165, 1.54) is 10.5 Å². The molecule has 1 aliphatic heterocycles. The molecule has 1 atom stereocenters. The number of nitrogens with zero attached hydrogens (tertiary/aromatic N) is 4. The van der Waals surface area contributed by atoms with Gasteiger partial charge in [-0.2, -0.15) is 4.98 Å². The number of hydrogen-bond acceptors (Lipinski definition) is 6. The SMILES string of the molecule is Cc1ccc(CN2CCNC(=O)[C@H]2CC(=O)N(C)Cc2nc(-c3ccccc3)no2)cc1. The predicted molar refractivity (Wildman–Crippen MR) is 119 cm³/mol. The van der Waals surface area contributed by atoms with Crippen LogP contribution in [-0.4, -0.2) is 57.9 Å². The van der Waals surface area contributed by atoms with E-state index in [1.54, 1.807) is 7.05 Å². The Balaban J connectivity index is 1.39. The van der Waals surface area contributed by atoms with Gasteiger partial charge in [-0.25, -0.2) is 0 Å². The van der Waals surface area contributed by atoms with Gasteiger partial charge in [0.1, 0.15) is 0 Å². The lowest BCUT2D eigenvalue weighted by atomic mass is 10.1. The molecule has 3 aromatic rings. The molecule has 1 aliphatic rings. The summed E-state index contributed by atoms with van der Waals surface area (Å²) in [5.41, 5.74) is 3.16. The maximum absolute atomic E-state index is 12.9. The number of amides is 2. The third-order valence-corrected chi connectivity index (χ3v) is 5.61. The second-order valence-corrected chi connectivity index (χ2v) is 8.09. The van der Waals surface area contributed by atoms with Crippen molar-refractivity contribution in [3.8, 4) is 11.4 Å². The first kappa shape index (κ1) is 21.7. The number of rotatable bonds is 7. The number of aryl methyl sites for hydroxylation is 1. The number of carbonyl (C=O) groups is 2. The van der Waals surface area contributed by atoms with E-state index in [0.29, 0.717) is 31.3 Å². The molecule has 1 aromatic heterocycles. The van der Waals surface area contributed by atoms with Crippen molar-refractivity contribution in [3.63, 3.8) is 0 Å². The van der Waals surface area contributed by atoms with Crippen molar-refractivity contribution < 1.29 is 14.1 Å². The quantitative estimate of drug-likeness (QED) is 0.615. The standard InChI is InChI=1S/C24H27N5O3/c1-17-8-10-18(11-9-17)15-29-13-12-25-24(31)20(29)14-22(30)28(2)16-21-26-23(27-32-21)19-6-4-3-5-7-19/h3-11,20H,12-16H2,1-2H3,(H,25,31)/t20-/m1/s1. The third kappa shape index (κ3) is 5.20. The van der Waals surface area contributed by atoms with Crippen LogP contribution in [0.5, 0.6) is 0 Å². The van der Waals surface area contributed by atoms with Crippen LogP contribution in [0.1, 0.15) is 23.4 Å². The van der Waals surface area contributed by atoms with E-state index in [0.717, 1.165) is 11.1 Å². The third-order valence-electron chi connectivity index (χ3n) is 5.61. The van der Waals surface area contributed by atoms with Crippen molar-refractivity contribution in [1.29, 1.82) is 0 Å². The Bertz CT molecular complexity index is 1060. The molecular formula is C24H27N5O3. The van der Waals surface area contributed by atoms with Gasteiger partial charge in [-0.3, -0.25) is 14.5 Å². The molecule has 0 unspecified atom stereocenters. The van der Waals surface area contributed by atoms with Crippen LogP contribution in [0.3, 0.4) is 0 Å². The van der Waals surface area contributed by atoms with Gasteiger partial charge in [-0.05, 0) is 12.5 Å². The van der Waals surface area contributed by atoms with Crippen molar-refractivity contribution in [2.45, 2.75) is 32.5 Å². The lowest BCUT2D eigenvalue weighted by molar-refractivity contribution is -0.138. The smallest absolute Gasteiger partial charge is 0.246 e. The fraction of sp³-hybridized carbons (Fsp3) is 0.333. The Hall–Kier alpha value is -3.52. The Morgan fingerprint density at radius 3 is 2.69 bits per heavy atom. The van der Waals surface area contributed by atoms with Crippen molar-refractivity contribution in [1.82, 2.24) is 25.3 Å². The molecule has 4 rings (SSSR count). The number of carbonyl (C=O) groups excluding carboxylic acids is 2. The fourth-order valence-corrected chi connectivity index (χ4v) is 3.74. The summed E-state index contributed by atoms with van der Waals surface area (Å²) >= 11 is 0. The summed E-state index contributed by atoms with van der Waals surface area (Å²) in [6, 6.07) is 17.2. The molecule has 8 nitrogen and oxygen atoms in total. The first-order valence-corrected chi connectivity index (χ1v) is 10.7. The molecule has 1 fully saturated rings. The van der Waals surface area contributed by atoms with Crippen LogP contribution in [0, 0.1) is 6.92 Å². The highest BCUT2D eigenvalue weighted by Crippen LogP contribution is 2.18. The molecule has 0 spiro atoms. The summed E-state index contributed by atoms with van der Waals surface area (Å²) in [6.45, 7) is 4.13. The van der Waals surface area contributed by atoms with Crippen LogP contribution in [0.15, 0.2) is 59.1 Å². The monoisotopic (exact) mass is 433 g/mol.